The molecule has 1 heterocycles. The lowest BCUT2D eigenvalue weighted by Gasteiger charge is -2.40. The zero-order chi connectivity index (χ0) is 24.2. The molecule has 5 atom stereocenters. The SMILES string of the molecule is CCNC(=O)N(CC1=CCC(F)C=C1)[C@@H]1C=C(C(=O)NCCO)[C@@H]2c3ccccc3O[C@@H]2[C@H]1O. The van der Waals surface area contributed by atoms with Gasteiger partial charge in [-0.05, 0) is 24.6 Å². The summed E-state index contributed by atoms with van der Waals surface area (Å²) in [4.78, 5) is 27.6. The molecule has 0 aromatic heterocycles. The molecule has 3 aliphatic rings. The van der Waals surface area contributed by atoms with E-state index in [4.69, 9.17) is 4.74 Å². The molecule has 2 aliphatic carbocycles. The minimum absolute atomic E-state index is 0.0748. The number of alkyl halides is 1. The average Bonchev–Trinajstić information content (AvgIpc) is 3.23. The lowest BCUT2D eigenvalue weighted by Crippen LogP contribution is -2.58. The van der Waals surface area contributed by atoms with E-state index in [9.17, 15) is 24.2 Å². The van der Waals surface area contributed by atoms with E-state index in [0.29, 0.717) is 17.9 Å². The van der Waals surface area contributed by atoms with Crippen LogP contribution in [0.2, 0.25) is 0 Å². The summed E-state index contributed by atoms with van der Waals surface area (Å²) in [5.74, 6) is -0.331. The molecule has 4 rings (SSSR count). The average molecular weight is 472 g/mol. The van der Waals surface area contributed by atoms with Gasteiger partial charge in [-0.1, -0.05) is 36.4 Å². The van der Waals surface area contributed by atoms with Gasteiger partial charge in [0, 0.05) is 37.2 Å². The number of carbonyl (C=O) groups is 2. The number of nitrogens with zero attached hydrogens (tertiary/aromatic N) is 1. The summed E-state index contributed by atoms with van der Waals surface area (Å²) in [6, 6.07) is 6.01. The van der Waals surface area contributed by atoms with Gasteiger partial charge < -0.3 is 30.5 Å². The maximum Gasteiger partial charge on any atom is 0.318 e. The Labute approximate surface area is 197 Å². The molecule has 182 valence electrons. The third-order valence-electron chi connectivity index (χ3n) is 6.30. The molecule has 1 aromatic rings. The van der Waals surface area contributed by atoms with Gasteiger partial charge in [0.15, 0.2) is 0 Å². The highest BCUT2D eigenvalue weighted by molar-refractivity contribution is 5.96. The van der Waals surface area contributed by atoms with Crippen LogP contribution in [0.15, 0.2) is 59.7 Å². The van der Waals surface area contributed by atoms with Gasteiger partial charge >= 0.3 is 6.03 Å². The van der Waals surface area contributed by atoms with Crippen LogP contribution in [0, 0.1) is 0 Å². The second-order valence-electron chi connectivity index (χ2n) is 8.53. The van der Waals surface area contributed by atoms with Crippen molar-refractivity contribution < 1.29 is 28.9 Å². The van der Waals surface area contributed by atoms with Crippen LogP contribution in [0.3, 0.4) is 0 Å². The smallest absolute Gasteiger partial charge is 0.318 e. The van der Waals surface area contributed by atoms with Gasteiger partial charge in [0.25, 0.3) is 0 Å². The molecule has 8 nitrogen and oxygen atoms in total. The van der Waals surface area contributed by atoms with Crippen LogP contribution in [0.25, 0.3) is 0 Å². The molecule has 1 unspecified atom stereocenters. The molecule has 34 heavy (non-hydrogen) atoms. The Balaban J connectivity index is 1.72. The maximum absolute atomic E-state index is 13.6. The highest BCUT2D eigenvalue weighted by Crippen LogP contribution is 2.47. The molecule has 0 saturated heterocycles. The minimum Gasteiger partial charge on any atom is -0.486 e. The first kappa shape index (κ1) is 24.0. The Kier molecular flexibility index (Phi) is 7.33. The highest BCUT2D eigenvalue weighted by atomic mass is 19.1. The number of halogens is 1. The zero-order valence-corrected chi connectivity index (χ0v) is 19.0. The van der Waals surface area contributed by atoms with Crippen molar-refractivity contribution >= 4 is 11.9 Å². The van der Waals surface area contributed by atoms with E-state index in [1.165, 1.54) is 11.0 Å². The number of nitrogens with one attached hydrogen (secondary N) is 2. The molecule has 4 N–H and O–H groups in total. The van der Waals surface area contributed by atoms with Crippen molar-refractivity contribution in [3.05, 3.63) is 65.3 Å². The third-order valence-corrected chi connectivity index (χ3v) is 6.30. The maximum atomic E-state index is 13.6. The van der Waals surface area contributed by atoms with E-state index in [1.54, 1.807) is 31.2 Å². The van der Waals surface area contributed by atoms with Gasteiger partial charge in [-0.15, -0.1) is 0 Å². The fourth-order valence-corrected chi connectivity index (χ4v) is 4.71. The first-order valence-corrected chi connectivity index (χ1v) is 11.5. The van der Waals surface area contributed by atoms with Gasteiger partial charge in [0.1, 0.15) is 24.1 Å². The predicted octanol–water partition coefficient (Wildman–Crippen LogP) is 1.57. The molecule has 1 aromatic carbocycles. The van der Waals surface area contributed by atoms with Gasteiger partial charge in [-0.2, -0.15) is 0 Å². The topological polar surface area (TPSA) is 111 Å². The number of ether oxygens (including phenoxy) is 1. The molecule has 3 amide bonds. The molecule has 1 aliphatic heterocycles. The van der Waals surface area contributed by atoms with Crippen molar-refractivity contribution in [1.29, 1.82) is 0 Å². The summed E-state index contributed by atoms with van der Waals surface area (Å²) in [6.07, 6.45) is 3.70. The number of urea groups is 1. The number of benzene rings is 1. The molecule has 0 radical (unpaired) electrons. The van der Waals surface area contributed by atoms with Gasteiger partial charge in [-0.3, -0.25) is 4.79 Å². The summed E-state index contributed by atoms with van der Waals surface area (Å²) >= 11 is 0. The number of amides is 3. The fourth-order valence-electron chi connectivity index (χ4n) is 4.71. The predicted molar refractivity (Wildman–Crippen MR) is 124 cm³/mol. The third kappa shape index (κ3) is 4.71. The monoisotopic (exact) mass is 471 g/mol. The van der Waals surface area contributed by atoms with Gasteiger partial charge in [0.2, 0.25) is 5.91 Å². The normalized spacial score (nSPS) is 27.0. The number of rotatable bonds is 7. The van der Waals surface area contributed by atoms with E-state index >= 15 is 0 Å². The van der Waals surface area contributed by atoms with Crippen molar-refractivity contribution in [2.24, 2.45) is 0 Å². The quantitative estimate of drug-likeness (QED) is 0.483. The first-order valence-electron chi connectivity index (χ1n) is 11.5. The van der Waals surface area contributed by atoms with Gasteiger partial charge in [0.05, 0.1) is 18.6 Å². The van der Waals surface area contributed by atoms with Crippen LogP contribution >= 0.6 is 0 Å². The number of para-hydroxylation sites is 1. The number of aliphatic hydroxyl groups is 2. The number of hydrogen-bond acceptors (Lipinski definition) is 5. The lowest BCUT2D eigenvalue weighted by atomic mass is 9.77. The minimum atomic E-state index is -1.11. The zero-order valence-electron chi connectivity index (χ0n) is 19.0. The van der Waals surface area contributed by atoms with Crippen LogP contribution in [-0.4, -0.2) is 77.7 Å². The summed E-state index contributed by atoms with van der Waals surface area (Å²) in [6.45, 7) is 2.15. The van der Waals surface area contributed by atoms with E-state index < -0.39 is 42.3 Å². The number of carbonyl (C=O) groups excluding carboxylic acids is 2. The standard InChI is InChI=1S/C25H30FN3O5/c1-2-27-25(33)29(14-15-7-9-16(26)10-8-15)19-13-18(24(32)28-11-12-30)21-17-5-3-4-6-20(17)34-23(21)22(19)31/h3-9,13,16,19,21-23,30-31H,2,10-12,14H2,1H3,(H,27,33)(H,28,32)/t16?,19-,21+,22+,23+/m1/s1. The van der Waals surface area contributed by atoms with Crippen molar-refractivity contribution in [2.45, 2.75) is 43.7 Å². The Morgan fingerprint density at radius 1 is 1.26 bits per heavy atom. The summed E-state index contributed by atoms with van der Waals surface area (Å²) in [5.41, 5.74) is 1.89. The van der Waals surface area contributed by atoms with E-state index in [1.807, 2.05) is 18.2 Å². The number of aliphatic hydroxyl groups excluding tert-OH is 2. The van der Waals surface area contributed by atoms with Crippen LogP contribution < -0.4 is 15.4 Å². The van der Waals surface area contributed by atoms with Crippen LogP contribution in [0.4, 0.5) is 9.18 Å². The first-order chi connectivity index (χ1) is 16.4. The van der Waals surface area contributed by atoms with Crippen LogP contribution in [-0.2, 0) is 4.79 Å². The molecular weight excluding hydrogens is 441 g/mol. The summed E-state index contributed by atoms with van der Waals surface area (Å²) in [5, 5.41) is 26.0. The highest BCUT2D eigenvalue weighted by Gasteiger charge is 2.50. The number of hydrogen-bond donors (Lipinski definition) is 4. The molecular formula is C25H30FN3O5. The Morgan fingerprint density at radius 3 is 2.76 bits per heavy atom. The Bertz CT molecular complexity index is 1020. The molecule has 9 heteroatoms. The largest absolute Gasteiger partial charge is 0.486 e. The van der Waals surface area contributed by atoms with Crippen molar-refractivity contribution in [1.82, 2.24) is 15.5 Å². The van der Waals surface area contributed by atoms with Crippen LogP contribution in [0.1, 0.15) is 24.8 Å². The fraction of sp³-hybridized carbons (Fsp3) is 0.440. The van der Waals surface area contributed by atoms with Gasteiger partial charge in [-0.25, -0.2) is 9.18 Å². The van der Waals surface area contributed by atoms with Crippen LogP contribution in [0.5, 0.6) is 5.75 Å². The second kappa shape index (κ2) is 10.4. The molecule has 0 fully saturated rings. The Hall–Kier alpha value is -3.17. The molecule has 0 saturated carbocycles. The molecule has 0 bridgehead atoms. The summed E-state index contributed by atoms with van der Waals surface area (Å²) < 4.78 is 19.6. The van der Waals surface area contributed by atoms with E-state index in [2.05, 4.69) is 10.6 Å². The van der Waals surface area contributed by atoms with E-state index in [-0.39, 0.29) is 26.1 Å². The number of fused-ring (bicyclic) bond motifs is 3. The van der Waals surface area contributed by atoms with Crippen molar-refractivity contribution in [2.75, 3.05) is 26.2 Å². The van der Waals surface area contributed by atoms with E-state index in [0.717, 1.165) is 11.1 Å². The number of allylic oxidation sites excluding steroid dienone is 2. The Morgan fingerprint density at radius 2 is 2.06 bits per heavy atom. The lowest BCUT2D eigenvalue weighted by molar-refractivity contribution is -0.118. The summed E-state index contributed by atoms with van der Waals surface area (Å²) in [7, 11) is 0. The second-order valence-corrected chi connectivity index (χ2v) is 8.53. The van der Waals surface area contributed by atoms with Crippen molar-refractivity contribution in [3.8, 4) is 5.75 Å². The molecule has 0 spiro atoms. The van der Waals surface area contributed by atoms with Crippen molar-refractivity contribution in [3.63, 3.8) is 0 Å².